The van der Waals surface area contributed by atoms with Crippen LogP contribution in [0.4, 0.5) is 0 Å². The molecule has 0 saturated carbocycles. The van der Waals surface area contributed by atoms with Crippen molar-refractivity contribution in [2.75, 3.05) is 13.2 Å². The maximum atomic E-state index is 5.66. The Labute approximate surface area is 160 Å². The standard InChI is InChI=1S/C19H20BrN3OS/c1-3-24-16-8-7-13(10-14(16)20)18-17(15-6-4-5-9-21-15)22-19-23(18)11-12(2)25-19/h4-10,12,17-18H,3,11H2,1-2H3/t12-,17-,18-/m0/s1. The number of amidine groups is 1. The highest BCUT2D eigenvalue weighted by atomic mass is 79.9. The highest BCUT2D eigenvalue weighted by molar-refractivity contribution is 9.10. The van der Waals surface area contributed by atoms with Crippen LogP contribution in [0.15, 0.2) is 52.1 Å². The third kappa shape index (κ3) is 3.17. The minimum absolute atomic E-state index is 0.0287. The molecule has 1 aromatic heterocycles. The van der Waals surface area contributed by atoms with Gasteiger partial charge in [0.05, 0.1) is 22.8 Å². The third-order valence-corrected chi connectivity index (χ3v) is 6.20. The normalized spacial score (nSPS) is 25.0. The summed E-state index contributed by atoms with van der Waals surface area (Å²) < 4.78 is 6.65. The summed E-state index contributed by atoms with van der Waals surface area (Å²) in [6, 6.07) is 12.6. The molecule has 4 nitrogen and oxygen atoms in total. The van der Waals surface area contributed by atoms with E-state index in [9.17, 15) is 0 Å². The number of ether oxygens (including phenoxy) is 1. The van der Waals surface area contributed by atoms with Gasteiger partial charge in [0.1, 0.15) is 11.8 Å². The molecule has 130 valence electrons. The van der Waals surface area contributed by atoms with Gasteiger partial charge in [0.2, 0.25) is 0 Å². The van der Waals surface area contributed by atoms with Gasteiger partial charge in [-0.3, -0.25) is 9.98 Å². The number of nitrogens with zero attached hydrogens (tertiary/aromatic N) is 3. The number of fused-ring (bicyclic) bond motifs is 1. The second-order valence-electron chi connectivity index (χ2n) is 6.26. The maximum Gasteiger partial charge on any atom is 0.160 e. The molecule has 4 rings (SSSR count). The van der Waals surface area contributed by atoms with Crippen molar-refractivity contribution in [2.24, 2.45) is 4.99 Å². The molecular weight excluding hydrogens is 398 g/mol. The number of aliphatic imine (C=N–C) groups is 1. The van der Waals surface area contributed by atoms with Crippen LogP contribution in [-0.2, 0) is 0 Å². The Kier molecular flexibility index (Phi) is 4.73. The quantitative estimate of drug-likeness (QED) is 0.713. The van der Waals surface area contributed by atoms with E-state index in [4.69, 9.17) is 9.73 Å². The molecule has 1 saturated heterocycles. The lowest BCUT2D eigenvalue weighted by Gasteiger charge is -2.27. The first-order valence-corrected chi connectivity index (χ1v) is 10.2. The zero-order valence-electron chi connectivity index (χ0n) is 14.2. The molecule has 2 aliphatic heterocycles. The molecule has 2 aromatic rings. The largest absolute Gasteiger partial charge is 0.493 e. The van der Waals surface area contributed by atoms with Gasteiger partial charge in [-0.1, -0.05) is 30.8 Å². The van der Waals surface area contributed by atoms with Crippen molar-refractivity contribution < 1.29 is 4.74 Å². The molecule has 6 heteroatoms. The van der Waals surface area contributed by atoms with Crippen molar-refractivity contribution in [3.05, 3.63) is 58.3 Å². The van der Waals surface area contributed by atoms with Crippen molar-refractivity contribution in [2.45, 2.75) is 31.2 Å². The van der Waals surface area contributed by atoms with Gasteiger partial charge < -0.3 is 9.64 Å². The average Bonchev–Trinajstić information content (AvgIpc) is 3.13. The summed E-state index contributed by atoms with van der Waals surface area (Å²) in [6.07, 6.45) is 1.85. The number of rotatable bonds is 4. The Bertz CT molecular complexity index is 799. The second kappa shape index (κ2) is 7.00. The van der Waals surface area contributed by atoms with Crippen LogP contribution in [0.2, 0.25) is 0 Å². The van der Waals surface area contributed by atoms with E-state index in [1.54, 1.807) is 0 Å². The first-order valence-electron chi connectivity index (χ1n) is 8.51. The summed E-state index contributed by atoms with van der Waals surface area (Å²) in [5, 5.41) is 1.70. The van der Waals surface area contributed by atoms with Gasteiger partial charge >= 0.3 is 0 Å². The van der Waals surface area contributed by atoms with Gasteiger partial charge in [-0.2, -0.15) is 0 Å². The molecule has 0 N–H and O–H groups in total. The molecule has 0 radical (unpaired) electrons. The first kappa shape index (κ1) is 16.9. The van der Waals surface area contributed by atoms with E-state index in [2.05, 4.69) is 50.9 Å². The van der Waals surface area contributed by atoms with E-state index < -0.39 is 0 Å². The lowest BCUT2D eigenvalue weighted by Crippen LogP contribution is -2.28. The SMILES string of the molecule is CCOc1ccc([C@H]2[C@H](c3ccccn3)N=C3S[C@@H](C)CN32)cc1Br. The maximum absolute atomic E-state index is 5.66. The Morgan fingerprint density at radius 1 is 1.32 bits per heavy atom. The predicted molar refractivity (Wildman–Crippen MR) is 106 cm³/mol. The van der Waals surface area contributed by atoms with Crippen LogP contribution in [0.5, 0.6) is 5.75 Å². The smallest absolute Gasteiger partial charge is 0.160 e. The number of hydrogen-bond donors (Lipinski definition) is 0. The summed E-state index contributed by atoms with van der Waals surface area (Å²) >= 11 is 5.51. The van der Waals surface area contributed by atoms with E-state index in [0.29, 0.717) is 11.9 Å². The third-order valence-electron chi connectivity index (χ3n) is 4.48. The highest BCUT2D eigenvalue weighted by Crippen LogP contribution is 2.48. The molecule has 2 aliphatic rings. The van der Waals surface area contributed by atoms with Crippen molar-refractivity contribution in [3.8, 4) is 5.75 Å². The zero-order chi connectivity index (χ0) is 17.4. The lowest BCUT2D eigenvalue weighted by molar-refractivity contribution is 0.319. The Morgan fingerprint density at radius 3 is 2.92 bits per heavy atom. The molecule has 0 unspecified atom stereocenters. The first-order chi connectivity index (χ1) is 12.2. The van der Waals surface area contributed by atoms with Crippen LogP contribution >= 0.6 is 27.7 Å². The molecule has 0 bridgehead atoms. The number of halogens is 1. The minimum atomic E-state index is 0.0287. The van der Waals surface area contributed by atoms with E-state index >= 15 is 0 Å². The van der Waals surface area contributed by atoms with Crippen molar-refractivity contribution >= 4 is 32.9 Å². The van der Waals surface area contributed by atoms with E-state index in [0.717, 1.165) is 27.6 Å². The molecule has 1 fully saturated rings. The lowest BCUT2D eigenvalue weighted by atomic mass is 9.96. The molecular formula is C19H20BrN3OS. The van der Waals surface area contributed by atoms with Gasteiger partial charge in [0, 0.05) is 18.0 Å². The average molecular weight is 418 g/mol. The van der Waals surface area contributed by atoms with Gasteiger partial charge in [0.15, 0.2) is 5.17 Å². The van der Waals surface area contributed by atoms with E-state index in [1.165, 1.54) is 5.56 Å². The minimum Gasteiger partial charge on any atom is -0.493 e. The van der Waals surface area contributed by atoms with Crippen LogP contribution in [0.3, 0.4) is 0 Å². The molecule has 25 heavy (non-hydrogen) atoms. The topological polar surface area (TPSA) is 37.7 Å². The molecule has 0 amide bonds. The summed E-state index contributed by atoms with van der Waals surface area (Å²) in [6.45, 7) is 5.93. The summed E-state index contributed by atoms with van der Waals surface area (Å²) in [7, 11) is 0. The second-order valence-corrected chi connectivity index (χ2v) is 8.52. The summed E-state index contributed by atoms with van der Waals surface area (Å²) in [4.78, 5) is 12.0. The number of hydrogen-bond acceptors (Lipinski definition) is 5. The zero-order valence-corrected chi connectivity index (χ0v) is 16.6. The van der Waals surface area contributed by atoms with Gasteiger partial charge in [0.25, 0.3) is 0 Å². The Balaban J connectivity index is 1.73. The van der Waals surface area contributed by atoms with Crippen LogP contribution in [0.25, 0.3) is 0 Å². The fraction of sp³-hybridized carbons (Fsp3) is 0.368. The monoisotopic (exact) mass is 417 g/mol. The fourth-order valence-corrected chi connectivity index (χ4v) is 5.06. The fourth-order valence-electron chi connectivity index (χ4n) is 3.45. The summed E-state index contributed by atoms with van der Waals surface area (Å²) in [5.74, 6) is 0.879. The molecule has 0 aliphatic carbocycles. The molecule has 0 spiro atoms. The van der Waals surface area contributed by atoms with Crippen molar-refractivity contribution in [1.29, 1.82) is 0 Å². The van der Waals surface area contributed by atoms with Crippen LogP contribution in [0.1, 0.15) is 37.2 Å². The molecule has 3 atom stereocenters. The van der Waals surface area contributed by atoms with Gasteiger partial charge in [-0.15, -0.1) is 0 Å². The highest BCUT2D eigenvalue weighted by Gasteiger charge is 2.43. The van der Waals surface area contributed by atoms with Gasteiger partial charge in [-0.25, -0.2) is 0 Å². The van der Waals surface area contributed by atoms with E-state index in [1.807, 2.05) is 43.1 Å². The summed E-state index contributed by atoms with van der Waals surface area (Å²) in [5.41, 5.74) is 2.26. The number of aromatic nitrogens is 1. The predicted octanol–water partition coefficient (Wildman–Crippen LogP) is 4.83. The molecule has 1 aromatic carbocycles. The number of benzene rings is 1. The Morgan fingerprint density at radius 2 is 2.20 bits per heavy atom. The van der Waals surface area contributed by atoms with Crippen LogP contribution in [-0.4, -0.2) is 33.5 Å². The van der Waals surface area contributed by atoms with E-state index in [-0.39, 0.29) is 12.1 Å². The number of pyridine rings is 1. The number of thioether (sulfide) groups is 1. The van der Waals surface area contributed by atoms with Crippen molar-refractivity contribution in [3.63, 3.8) is 0 Å². The van der Waals surface area contributed by atoms with Crippen LogP contribution in [0, 0.1) is 0 Å². The van der Waals surface area contributed by atoms with Crippen molar-refractivity contribution in [1.82, 2.24) is 9.88 Å². The molecule has 3 heterocycles. The Hall–Kier alpha value is -1.53. The van der Waals surface area contributed by atoms with Gasteiger partial charge in [-0.05, 0) is 52.7 Å². The van der Waals surface area contributed by atoms with Crippen LogP contribution < -0.4 is 4.74 Å².